The third kappa shape index (κ3) is 3.93. The highest BCUT2D eigenvalue weighted by Gasteiger charge is 2.24. The number of rotatable bonds is 4. The van der Waals surface area contributed by atoms with E-state index in [2.05, 4.69) is 10.2 Å². The molecule has 1 atom stereocenters. The van der Waals surface area contributed by atoms with Crippen LogP contribution in [0.1, 0.15) is 12.8 Å². The number of nitrogens with zero attached hydrogens (tertiary/aromatic N) is 2. The summed E-state index contributed by atoms with van der Waals surface area (Å²) in [6.07, 6.45) is 2.41. The Balaban J connectivity index is 1.75. The molecule has 5 nitrogen and oxygen atoms in total. The molecule has 1 unspecified atom stereocenters. The van der Waals surface area contributed by atoms with E-state index in [1.165, 1.54) is 12.8 Å². The molecule has 2 heterocycles. The second kappa shape index (κ2) is 7.07. The van der Waals surface area contributed by atoms with Crippen LogP contribution in [0.3, 0.4) is 0 Å². The summed E-state index contributed by atoms with van der Waals surface area (Å²) in [5.41, 5.74) is 0. The number of carbonyl (C=O) groups excluding carboxylic acids is 1. The van der Waals surface area contributed by atoms with E-state index in [9.17, 15) is 4.79 Å². The molecule has 2 rings (SSSR count). The fourth-order valence-electron chi connectivity index (χ4n) is 2.87. The van der Waals surface area contributed by atoms with Gasteiger partial charge in [-0.05, 0) is 25.3 Å². The molecule has 0 radical (unpaired) electrons. The first-order valence-electron chi connectivity index (χ1n) is 6.99. The Morgan fingerprint density at radius 3 is 2.83 bits per heavy atom. The molecule has 0 aromatic carbocycles. The average molecular weight is 255 g/mol. The maximum absolute atomic E-state index is 12.2. The van der Waals surface area contributed by atoms with Crippen molar-refractivity contribution in [3.63, 3.8) is 0 Å². The molecule has 0 bridgehead atoms. The number of methoxy groups -OCH3 is 1. The third-order valence-electron chi connectivity index (χ3n) is 3.83. The maximum Gasteiger partial charge on any atom is 0.236 e. The van der Waals surface area contributed by atoms with Crippen LogP contribution >= 0.6 is 0 Å². The Morgan fingerprint density at radius 2 is 2.11 bits per heavy atom. The zero-order valence-electron chi connectivity index (χ0n) is 11.4. The Kier molecular flexibility index (Phi) is 5.41. The molecule has 1 amide bonds. The maximum atomic E-state index is 12.2. The molecular weight excluding hydrogens is 230 g/mol. The van der Waals surface area contributed by atoms with E-state index in [-0.39, 0.29) is 5.91 Å². The minimum absolute atomic E-state index is 0.287. The third-order valence-corrected chi connectivity index (χ3v) is 3.83. The summed E-state index contributed by atoms with van der Waals surface area (Å²) in [7, 11) is 1.75. The highest BCUT2D eigenvalue weighted by atomic mass is 16.5. The Bertz CT molecular complexity index is 265. The lowest BCUT2D eigenvalue weighted by Crippen LogP contribution is -2.50. The molecule has 0 aromatic heterocycles. The van der Waals surface area contributed by atoms with Gasteiger partial charge >= 0.3 is 0 Å². The van der Waals surface area contributed by atoms with Gasteiger partial charge in [0.25, 0.3) is 0 Å². The van der Waals surface area contributed by atoms with Crippen LogP contribution in [-0.2, 0) is 9.53 Å². The first kappa shape index (κ1) is 13.8. The van der Waals surface area contributed by atoms with Gasteiger partial charge < -0.3 is 15.0 Å². The van der Waals surface area contributed by atoms with Gasteiger partial charge in [0.2, 0.25) is 5.91 Å². The van der Waals surface area contributed by atoms with Crippen LogP contribution in [0.4, 0.5) is 0 Å². The SMILES string of the molecule is COCC1CCCN(CC(=O)N2CCNCC2)C1. The lowest BCUT2D eigenvalue weighted by molar-refractivity contribution is -0.133. The van der Waals surface area contributed by atoms with E-state index >= 15 is 0 Å². The smallest absolute Gasteiger partial charge is 0.236 e. The van der Waals surface area contributed by atoms with E-state index in [1.54, 1.807) is 7.11 Å². The largest absolute Gasteiger partial charge is 0.384 e. The highest BCUT2D eigenvalue weighted by molar-refractivity contribution is 5.78. The van der Waals surface area contributed by atoms with Gasteiger partial charge in [-0.1, -0.05) is 0 Å². The quantitative estimate of drug-likeness (QED) is 0.754. The van der Waals surface area contributed by atoms with Crippen molar-refractivity contribution in [1.29, 1.82) is 0 Å². The van der Waals surface area contributed by atoms with E-state index < -0.39 is 0 Å². The Hall–Kier alpha value is -0.650. The van der Waals surface area contributed by atoms with Crippen molar-refractivity contribution in [2.45, 2.75) is 12.8 Å². The highest BCUT2D eigenvalue weighted by Crippen LogP contribution is 2.16. The Labute approximate surface area is 109 Å². The van der Waals surface area contributed by atoms with E-state index in [4.69, 9.17) is 4.74 Å². The zero-order valence-corrected chi connectivity index (χ0v) is 11.4. The number of nitrogens with one attached hydrogen (secondary N) is 1. The van der Waals surface area contributed by atoms with Crippen LogP contribution in [0, 0.1) is 5.92 Å². The summed E-state index contributed by atoms with van der Waals surface area (Å²) >= 11 is 0. The van der Waals surface area contributed by atoms with Gasteiger partial charge in [0.15, 0.2) is 0 Å². The number of ether oxygens (including phenoxy) is 1. The Morgan fingerprint density at radius 1 is 1.33 bits per heavy atom. The number of piperidine rings is 1. The predicted molar refractivity (Wildman–Crippen MR) is 70.5 cm³/mol. The van der Waals surface area contributed by atoms with Crippen molar-refractivity contribution in [3.8, 4) is 0 Å². The molecule has 2 aliphatic rings. The van der Waals surface area contributed by atoms with Crippen molar-refractivity contribution >= 4 is 5.91 Å². The predicted octanol–water partition coefficient (Wildman–Crippen LogP) is -0.223. The van der Waals surface area contributed by atoms with Crippen LogP contribution < -0.4 is 5.32 Å². The van der Waals surface area contributed by atoms with Crippen LogP contribution in [0.2, 0.25) is 0 Å². The lowest BCUT2D eigenvalue weighted by atomic mass is 9.99. The summed E-state index contributed by atoms with van der Waals surface area (Å²) in [5, 5.41) is 3.27. The average Bonchev–Trinajstić information content (AvgIpc) is 2.40. The van der Waals surface area contributed by atoms with Crippen LogP contribution in [-0.4, -0.2) is 75.2 Å². The summed E-state index contributed by atoms with van der Waals surface area (Å²) in [4.78, 5) is 16.4. The summed E-state index contributed by atoms with van der Waals surface area (Å²) in [6.45, 7) is 7.03. The first-order chi connectivity index (χ1) is 8.79. The lowest BCUT2D eigenvalue weighted by Gasteiger charge is -2.34. The van der Waals surface area contributed by atoms with Gasteiger partial charge in [-0.3, -0.25) is 9.69 Å². The fraction of sp³-hybridized carbons (Fsp3) is 0.923. The minimum Gasteiger partial charge on any atom is -0.384 e. The second-order valence-corrected chi connectivity index (χ2v) is 5.33. The topological polar surface area (TPSA) is 44.8 Å². The van der Waals surface area contributed by atoms with Crippen molar-refractivity contribution in [2.24, 2.45) is 5.92 Å². The van der Waals surface area contributed by atoms with Crippen LogP contribution in [0.5, 0.6) is 0 Å². The van der Waals surface area contributed by atoms with Crippen molar-refractivity contribution in [1.82, 2.24) is 15.1 Å². The number of likely N-dealkylation sites (tertiary alicyclic amines) is 1. The number of hydrogen-bond donors (Lipinski definition) is 1. The molecule has 2 aliphatic heterocycles. The van der Waals surface area contributed by atoms with Crippen molar-refractivity contribution < 1.29 is 9.53 Å². The van der Waals surface area contributed by atoms with E-state index in [1.807, 2.05) is 4.90 Å². The van der Waals surface area contributed by atoms with E-state index in [0.29, 0.717) is 12.5 Å². The molecule has 5 heteroatoms. The minimum atomic E-state index is 0.287. The molecule has 2 fully saturated rings. The summed E-state index contributed by atoms with van der Waals surface area (Å²) in [5.74, 6) is 0.883. The monoisotopic (exact) mass is 255 g/mol. The van der Waals surface area contributed by atoms with Gasteiger partial charge in [-0.2, -0.15) is 0 Å². The number of amides is 1. The molecule has 0 aromatic rings. The number of carbonyl (C=O) groups is 1. The van der Waals surface area contributed by atoms with Crippen LogP contribution in [0.25, 0.3) is 0 Å². The fourth-order valence-corrected chi connectivity index (χ4v) is 2.87. The molecule has 0 spiro atoms. The molecular formula is C13H25N3O2. The first-order valence-corrected chi connectivity index (χ1v) is 6.99. The number of hydrogen-bond acceptors (Lipinski definition) is 4. The second-order valence-electron chi connectivity index (χ2n) is 5.33. The zero-order chi connectivity index (χ0) is 12.8. The van der Waals surface area contributed by atoms with E-state index in [0.717, 1.165) is 45.9 Å². The molecule has 2 saturated heterocycles. The van der Waals surface area contributed by atoms with Crippen molar-refractivity contribution in [3.05, 3.63) is 0 Å². The normalized spacial score (nSPS) is 26.3. The van der Waals surface area contributed by atoms with Gasteiger partial charge in [0, 0.05) is 39.8 Å². The van der Waals surface area contributed by atoms with Gasteiger partial charge in [-0.25, -0.2) is 0 Å². The van der Waals surface area contributed by atoms with Gasteiger partial charge in [-0.15, -0.1) is 0 Å². The molecule has 1 N–H and O–H groups in total. The molecule has 0 aliphatic carbocycles. The molecule has 0 saturated carbocycles. The van der Waals surface area contributed by atoms with Gasteiger partial charge in [0.1, 0.15) is 0 Å². The van der Waals surface area contributed by atoms with Crippen LogP contribution in [0.15, 0.2) is 0 Å². The van der Waals surface area contributed by atoms with Gasteiger partial charge in [0.05, 0.1) is 13.2 Å². The summed E-state index contributed by atoms with van der Waals surface area (Å²) in [6, 6.07) is 0. The molecule has 104 valence electrons. The number of piperazine rings is 1. The standard InChI is InChI=1S/C13H25N3O2/c1-18-11-12-3-2-6-15(9-12)10-13(17)16-7-4-14-5-8-16/h12,14H,2-11H2,1H3. The van der Waals surface area contributed by atoms with Crippen molar-refractivity contribution in [2.75, 3.05) is 59.5 Å². The molecule has 18 heavy (non-hydrogen) atoms. The summed E-state index contributed by atoms with van der Waals surface area (Å²) < 4.78 is 5.22.